The van der Waals surface area contributed by atoms with Crippen LogP contribution in [0.4, 0.5) is 0 Å². The van der Waals surface area contributed by atoms with Crippen LogP contribution in [0.1, 0.15) is 18.4 Å². The molecule has 0 aliphatic heterocycles. The predicted molar refractivity (Wildman–Crippen MR) is 53.8 cm³/mol. The first kappa shape index (κ1) is 9.03. The molecule has 13 heavy (non-hydrogen) atoms. The Morgan fingerprint density at radius 2 is 2.15 bits per heavy atom. The lowest BCUT2D eigenvalue weighted by Gasteiger charge is -2.10. The molecule has 1 saturated carbocycles. The van der Waals surface area contributed by atoms with Gasteiger partial charge in [0.05, 0.1) is 17.2 Å². The zero-order valence-electron chi connectivity index (χ0n) is 7.38. The Balaban J connectivity index is 2.39. The molecule has 70 valence electrons. The summed E-state index contributed by atoms with van der Waals surface area (Å²) in [5, 5.41) is 9.84. The molecule has 1 aromatic rings. The van der Waals surface area contributed by atoms with E-state index in [4.69, 9.17) is 4.74 Å². The highest BCUT2D eigenvalue weighted by Crippen LogP contribution is 2.46. The number of hydrogen-bond acceptors (Lipinski definition) is 2. The highest BCUT2D eigenvalue weighted by Gasteiger charge is 2.42. The minimum Gasteiger partial charge on any atom is -0.496 e. The largest absolute Gasteiger partial charge is 0.496 e. The number of ether oxygens (including phenoxy) is 1. The van der Waals surface area contributed by atoms with Crippen molar-refractivity contribution in [3.05, 3.63) is 28.2 Å². The van der Waals surface area contributed by atoms with Gasteiger partial charge in [0, 0.05) is 0 Å². The van der Waals surface area contributed by atoms with E-state index in [1.807, 2.05) is 18.2 Å². The highest BCUT2D eigenvalue weighted by molar-refractivity contribution is 9.10. The molecule has 2 nitrogen and oxygen atoms in total. The quantitative estimate of drug-likeness (QED) is 0.864. The molecule has 3 heteroatoms. The van der Waals surface area contributed by atoms with Gasteiger partial charge in [0.15, 0.2) is 0 Å². The average Bonchev–Trinajstić information content (AvgIpc) is 2.86. The first-order valence-electron chi connectivity index (χ1n) is 4.22. The summed E-state index contributed by atoms with van der Waals surface area (Å²) in [6, 6.07) is 5.72. The van der Waals surface area contributed by atoms with Crippen LogP contribution in [0.25, 0.3) is 0 Å². The number of halogens is 1. The predicted octanol–water partition coefficient (Wildman–Crippen LogP) is 2.44. The molecule has 0 aromatic heterocycles. The van der Waals surface area contributed by atoms with Crippen molar-refractivity contribution in [2.75, 3.05) is 7.11 Å². The molecule has 0 atom stereocenters. The fourth-order valence-corrected chi connectivity index (χ4v) is 1.76. The van der Waals surface area contributed by atoms with Crippen LogP contribution in [0.15, 0.2) is 22.7 Å². The van der Waals surface area contributed by atoms with Crippen LogP contribution in [-0.2, 0) is 5.60 Å². The summed E-state index contributed by atoms with van der Waals surface area (Å²) < 4.78 is 6.07. The molecule has 1 aliphatic carbocycles. The SMILES string of the molecule is COc1cc(C2(O)CC2)ccc1Br. The van der Waals surface area contributed by atoms with Gasteiger partial charge in [-0.3, -0.25) is 0 Å². The summed E-state index contributed by atoms with van der Waals surface area (Å²) in [6.07, 6.45) is 1.72. The lowest BCUT2D eigenvalue weighted by molar-refractivity contribution is 0.151. The van der Waals surface area contributed by atoms with Crippen LogP contribution in [-0.4, -0.2) is 12.2 Å². The minimum atomic E-state index is -0.575. The van der Waals surface area contributed by atoms with Gasteiger partial charge in [0.2, 0.25) is 0 Å². The first-order chi connectivity index (χ1) is 6.15. The summed E-state index contributed by atoms with van der Waals surface area (Å²) >= 11 is 3.37. The zero-order chi connectivity index (χ0) is 9.47. The van der Waals surface area contributed by atoms with Crippen LogP contribution in [0, 0.1) is 0 Å². The second kappa shape index (κ2) is 3.00. The van der Waals surface area contributed by atoms with E-state index < -0.39 is 5.60 Å². The molecule has 0 saturated heterocycles. The Labute approximate surface area is 85.7 Å². The Morgan fingerprint density at radius 3 is 2.69 bits per heavy atom. The Morgan fingerprint density at radius 1 is 1.46 bits per heavy atom. The van der Waals surface area contributed by atoms with Crippen molar-refractivity contribution < 1.29 is 9.84 Å². The van der Waals surface area contributed by atoms with Gasteiger partial charge in [-0.2, -0.15) is 0 Å². The third-order valence-corrected chi connectivity index (χ3v) is 3.07. The molecule has 2 rings (SSSR count). The number of hydrogen-bond donors (Lipinski definition) is 1. The van der Waals surface area contributed by atoms with Crippen molar-refractivity contribution >= 4 is 15.9 Å². The fraction of sp³-hybridized carbons (Fsp3) is 0.400. The standard InChI is InChI=1S/C10H11BrO2/c1-13-9-6-7(2-3-8(9)11)10(12)4-5-10/h2-3,6,12H,4-5H2,1H3. The number of aliphatic hydroxyl groups is 1. The third-order valence-electron chi connectivity index (χ3n) is 2.41. The summed E-state index contributed by atoms with van der Waals surface area (Å²) in [5.74, 6) is 0.776. The van der Waals surface area contributed by atoms with E-state index in [9.17, 15) is 5.11 Å². The van der Waals surface area contributed by atoms with Crippen LogP contribution in [0.5, 0.6) is 5.75 Å². The van der Waals surface area contributed by atoms with Gasteiger partial charge in [-0.15, -0.1) is 0 Å². The van der Waals surface area contributed by atoms with Gasteiger partial charge in [0.25, 0.3) is 0 Å². The van der Waals surface area contributed by atoms with Gasteiger partial charge in [-0.25, -0.2) is 0 Å². The Bertz CT molecular complexity index is 332. The monoisotopic (exact) mass is 242 g/mol. The van der Waals surface area contributed by atoms with Gasteiger partial charge in [-0.05, 0) is 46.5 Å². The minimum absolute atomic E-state index is 0.575. The fourth-order valence-electron chi connectivity index (χ4n) is 1.36. The van der Waals surface area contributed by atoms with Gasteiger partial charge < -0.3 is 9.84 Å². The molecule has 1 fully saturated rings. The molecule has 1 N–H and O–H groups in total. The van der Waals surface area contributed by atoms with Crippen molar-refractivity contribution in [3.8, 4) is 5.75 Å². The normalized spacial score (nSPS) is 18.4. The molecular weight excluding hydrogens is 232 g/mol. The van der Waals surface area contributed by atoms with E-state index >= 15 is 0 Å². The van der Waals surface area contributed by atoms with E-state index in [0.29, 0.717) is 0 Å². The Kier molecular flexibility index (Phi) is 2.08. The van der Waals surface area contributed by atoms with Gasteiger partial charge >= 0.3 is 0 Å². The molecule has 1 aliphatic rings. The van der Waals surface area contributed by atoms with Crippen LogP contribution in [0.2, 0.25) is 0 Å². The van der Waals surface area contributed by atoms with Crippen molar-refractivity contribution in [3.63, 3.8) is 0 Å². The molecule has 0 unspecified atom stereocenters. The maximum atomic E-state index is 9.84. The molecule has 0 heterocycles. The van der Waals surface area contributed by atoms with Gasteiger partial charge in [0.1, 0.15) is 5.75 Å². The van der Waals surface area contributed by atoms with Crippen LogP contribution in [0.3, 0.4) is 0 Å². The topological polar surface area (TPSA) is 29.5 Å². The van der Waals surface area contributed by atoms with Crippen LogP contribution >= 0.6 is 15.9 Å². The number of benzene rings is 1. The average molecular weight is 243 g/mol. The van der Waals surface area contributed by atoms with E-state index in [0.717, 1.165) is 28.6 Å². The molecule has 0 radical (unpaired) electrons. The van der Waals surface area contributed by atoms with Gasteiger partial charge in [-0.1, -0.05) is 6.07 Å². The zero-order valence-corrected chi connectivity index (χ0v) is 8.97. The van der Waals surface area contributed by atoms with E-state index in [-0.39, 0.29) is 0 Å². The van der Waals surface area contributed by atoms with Crippen molar-refractivity contribution in [2.45, 2.75) is 18.4 Å². The summed E-state index contributed by atoms with van der Waals surface area (Å²) in [7, 11) is 1.63. The highest BCUT2D eigenvalue weighted by atomic mass is 79.9. The molecule has 0 amide bonds. The number of methoxy groups -OCH3 is 1. The van der Waals surface area contributed by atoms with Crippen molar-refractivity contribution in [1.82, 2.24) is 0 Å². The van der Waals surface area contributed by atoms with E-state index in [2.05, 4.69) is 15.9 Å². The lowest BCUT2D eigenvalue weighted by Crippen LogP contribution is -2.04. The maximum Gasteiger partial charge on any atom is 0.133 e. The third kappa shape index (κ3) is 1.58. The van der Waals surface area contributed by atoms with E-state index in [1.165, 1.54) is 0 Å². The number of rotatable bonds is 2. The summed E-state index contributed by atoms with van der Waals surface area (Å²) in [5.41, 5.74) is 0.376. The van der Waals surface area contributed by atoms with Crippen molar-refractivity contribution in [2.24, 2.45) is 0 Å². The van der Waals surface area contributed by atoms with E-state index in [1.54, 1.807) is 7.11 Å². The second-order valence-corrected chi connectivity index (χ2v) is 4.24. The van der Waals surface area contributed by atoms with Crippen LogP contribution < -0.4 is 4.74 Å². The molecule has 0 bridgehead atoms. The maximum absolute atomic E-state index is 9.84. The smallest absolute Gasteiger partial charge is 0.133 e. The first-order valence-corrected chi connectivity index (χ1v) is 5.01. The summed E-state index contributed by atoms with van der Waals surface area (Å²) in [6.45, 7) is 0. The van der Waals surface area contributed by atoms with Crippen molar-refractivity contribution in [1.29, 1.82) is 0 Å². The molecule has 1 aromatic carbocycles. The second-order valence-electron chi connectivity index (χ2n) is 3.38. The summed E-state index contributed by atoms with van der Waals surface area (Å²) in [4.78, 5) is 0. The lowest BCUT2D eigenvalue weighted by atomic mass is 10.1. The molecular formula is C10H11BrO2. The Hall–Kier alpha value is -0.540. The molecule has 0 spiro atoms.